The summed E-state index contributed by atoms with van der Waals surface area (Å²) in [5, 5.41) is 9.95. The third-order valence-electron chi connectivity index (χ3n) is 6.04. The molecule has 0 amide bonds. The predicted molar refractivity (Wildman–Crippen MR) is 141 cm³/mol. The van der Waals surface area contributed by atoms with Gasteiger partial charge < -0.3 is 25.3 Å². The summed E-state index contributed by atoms with van der Waals surface area (Å²) in [6.45, 7) is 3.59. The topological polar surface area (TPSA) is 88.9 Å². The van der Waals surface area contributed by atoms with Gasteiger partial charge in [0.2, 0.25) is 17.8 Å². The van der Waals surface area contributed by atoms with Crippen LogP contribution in [0.15, 0.2) is 36.5 Å². The molecule has 2 aromatic heterocycles. The molecule has 0 unspecified atom stereocenters. The van der Waals surface area contributed by atoms with Gasteiger partial charge in [0.15, 0.2) is 11.6 Å². The molecule has 1 aliphatic rings. The van der Waals surface area contributed by atoms with Gasteiger partial charge in [0.05, 0.1) is 6.54 Å². The van der Waals surface area contributed by atoms with Crippen molar-refractivity contribution < 1.29 is 9.13 Å². The monoisotopic (exact) mass is 499 g/mol. The Morgan fingerprint density at radius 3 is 2.57 bits per heavy atom. The number of nitrogens with zero attached hydrogens (tertiary/aromatic N) is 4. The highest BCUT2D eigenvalue weighted by atomic mass is 32.2. The van der Waals surface area contributed by atoms with Gasteiger partial charge in [0.1, 0.15) is 5.94 Å². The number of nitrogens with one attached hydrogen (secondary N) is 3. The lowest BCUT2D eigenvalue weighted by molar-refractivity contribution is 0.368. The van der Waals surface area contributed by atoms with Crippen molar-refractivity contribution in [3.8, 4) is 5.75 Å². The predicted octanol–water partition coefficient (Wildman–Crippen LogP) is 6.02. The van der Waals surface area contributed by atoms with Gasteiger partial charge in [-0.25, -0.2) is 4.39 Å². The number of hydrogen-bond donors (Lipinski definition) is 3. The number of ether oxygens (including phenoxy) is 1. The van der Waals surface area contributed by atoms with Crippen LogP contribution in [0.1, 0.15) is 51.1 Å². The fourth-order valence-electron chi connectivity index (χ4n) is 4.22. The molecule has 4 rings (SSSR count). The molecule has 1 aliphatic carbocycles. The zero-order chi connectivity index (χ0) is 24.5. The van der Waals surface area contributed by atoms with Gasteiger partial charge in [-0.3, -0.25) is 0 Å². The minimum atomic E-state index is -0.436. The Labute approximate surface area is 210 Å². The highest BCUT2D eigenvalue weighted by Crippen LogP contribution is 2.25. The second-order valence-corrected chi connectivity index (χ2v) is 9.41. The quantitative estimate of drug-likeness (QED) is 0.218. The van der Waals surface area contributed by atoms with Crippen molar-refractivity contribution in [3.63, 3.8) is 0 Å². The Bertz CT molecular complexity index is 1090. The van der Waals surface area contributed by atoms with Gasteiger partial charge in [-0.1, -0.05) is 25.7 Å². The summed E-state index contributed by atoms with van der Waals surface area (Å²) in [4.78, 5) is 13.8. The van der Waals surface area contributed by atoms with Gasteiger partial charge in [-0.15, -0.1) is 11.8 Å². The third-order valence-corrected chi connectivity index (χ3v) is 6.39. The van der Waals surface area contributed by atoms with Crippen LogP contribution >= 0.6 is 11.8 Å². The maximum absolute atomic E-state index is 14.5. The average molecular weight is 500 g/mol. The molecule has 3 N–H and O–H groups in total. The number of aromatic nitrogens is 4. The summed E-state index contributed by atoms with van der Waals surface area (Å²) < 4.78 is 22.1. The largest absolute Gasteiger partial charge is 0.480 e. The summed E-state index contributed by atoms with van der Waals surface area (Å²) in [5.41, 5.74) is 1.68. The number of benzene rings is 1. The van der Waals surface area contributed by atoms with Crippen molar-refractivity contribution >= 4 is 35.3 Å². The minimum absolute atomic E-state index is 0.220. The number of anilines is 4. The summed E-state index contributed by atoms with van der Waals surface area (Å²) >= 11 is 1.49. The second-order valence-electron chi connectivity index (χ2n) is 8.60. The third kappa shape index (κ3) is 7.24. The highest BCUT2D eigenvalue weighted by Gasteiger charge is 2.16. The van der Waals surface area contributed by atoms with E-state index >= 15 is 0 Å². The van der Waals surface area contributed by atoms with Crippen molar-refractivity contribution in [1.82, 2.24) is 19.5 Å². The average Bonchev–Trinajstić information content (AvgIpc) is 3.16. The van der Waals surface area contributed by atoms with Crippen molar-refractivity contribution in [2.75, 3.05) is 28.1 Å². The molecule has 1 fully saturated rings. The van der Waals surface area contributed by atoms with Gasteiger partial charge in [-0.05, 0) is 50.3 Å². The molecule has 0 spiro atoms. The number of thioether (sulfide) groups is 1. The van der Waals surface area contributed by atoms with Gasteiger partial charge in [0, 0.05) is 36.2 Å². The first-order valence-corrected chi connectivity index (χ1v) is 13.6. The van der Waals surface area contributed by atoms with Gasteiger partial charge in [0.25, 0.3) is 0 Å². The molecular formula is C25H34FN7OS. The van der Waals surface area contributed by atoms with Crippen molar-refractivity contribution in [2.45, 2.75) is 64.6 Å². The molecule has 3 aromatic rings. The Balaban J connectivity index is 1.53. The maximum atomic E-state index is 14.5. The van der Waals surface area contributed by atoms with Gasteiger partial charge in [-0.2, -0.15) is 15.0 Å². The smallest absolute Gasteiger partial charge is 0.233 e. The molecule has 0 atom stereocenters. The van der Waals surface area contributed by atoms with Crippen LogP contribution in [0.5, 0.6) is 5.75 Å². The number of hydrogen-bond acceptors (Lipinski definition) is 8. The number of rotatable bonds is 11. The lowest BCUT2D eigenvalue weighted by atomic mass is 10.1. The fraction of sp³-hybridized carbons (Fsp3) is 0.480. The van der Waals surface area contributed by atoms with E-state index in [1.54, 1.807) is 12.1 Å². The Hall–Kier alpha value is -3.01. The molecular weight excluding hydrogens is 465 g/mol. The van der Waals surface area contributed by atoms with Crippen LogP contribution in [0.3, 0.4) is 0 Å². The fourth-order valence-corrected chi connectivity index (χ4v) is 4.46. The molecule has 1 saturated carbocycles. The van der Waals surface area contributed by atoms with E-state index in [1.165, 1.54) is 43.5 Å². The van der Waals surface area contributed by atoms with Crippen molar-refractivity contribution in [3.05, 3.63) is 48.0 Å². The van der Waals surface area contributed by atoms with E-state index in [2.05, 4.69) is 54.7 Å². The zero-order valence-corrected chi connectivity index (χ0v) is 21.2. The van der Waals surface area contributed by atoms with Crippen LogP contribution in [0.2, 0.25) is 0 Å². The summed E-state index contributed by atoms with van der Waals surface area (Å²) in [7, 11) is 0. The molecule has 0 saturated heterocycles. The molecule has 2 heterocycles. The van der Waals surface area contributed by atoms with Crippen LogP contribution in [-0.4, -0.2) is 37.8 Å². The van der Waals surface area contributed by atoms with E-state index in [4.69, 9.17) is 4.74 Å². The van der Waals surface area contributed by atoms with Crippen LogP contribution in [0.25, 0.3) is 0 Å². The van der Waals surface area contributed by atoms with Crippen LogP contribution in [-0.2, 0) is 13.1 Å². The molecule has 0 radical (unpaired) electrons. The summed E-state index contributed by atoms with van der Waals surface area (Å²) in [6, 6.07) is 9.19. The molecule has 8 nitrogen and oxygen atoms in total. The molecule has 0 bridgehead atoms. The van der Waals surface area contributed by atoms with E-state index in [-0.39, 0.29) is 5.75 Å². The van der Waals surface area contributed by atoms with Crippen LogP contribution in [0, 0.1) is 5.82 Å². The first-order chi connectivity index (χ1) is 17.1. The first kappa shape index (κ1) is 25.1. The highest BCUT2D eigenvalue weighted by molar-refractivity contribution is 7.98. The van der Waals surface area contributed by atoms with Gasteiger partial charge >= 0.3 is 0 Å². The van der Waals surface area contributed by atoms with Crippen molar-refractivity contribution in [1.29, 1.82) is 0 Å². The number of halogens is 1. The van der Waals surface area contributed by atoms with E-state index in [9.17, 15) is 4.39 Å². The maximum Gasteiger partial charge on any atom is 0.233 e. The van der Waals surface area contributed by atoms with Crippen LogP contribution < -0.4 is 20.7 Å². The second kappa shape index (κ2) is 12.6. The minimum Gasteiger partial charge on any atom is -0.480 e. The summed E-state index contributed by atoms with van der Waals surface area (Å²) in [6.07, 6.45) is 11.1. The van der Waals surface area contributed by atoms with E-state index < -0.39 is 5.82 Å². The normalized spacial score (nSPS) is 14.4. The van der Waals surface area contributed by atoms with Crippen molar-refractivity contribution in [2.24, 2.45) is 0 Å². The molecule has 10 heteroatoms. The lowest BCUT2D eigenvalue weighted by Crippen LogP contribution is -2.21. The molecule has 1 aromatic carbocycles. The Kier molecular flexibility index (Phi) is 9.05. The SMILES string of the molecule is CCn1cccc1CNc1nc(Nc2ccc(OCSC)c(F)c2)nc(NC2CCCCCC2)n1. The molecule has 0 aliphatic heterocycles. The molecule has 188 valence electrons. The van der Waals surface area contributed by atoms with E-state index in [0.29, 0.717) is 42.1 Å². The Morgan fingerprint density at radius 2 is 1.83 bits per heavy atom. The van der Waals surface area contributed by atoms with E-state index in [1.807, 2.05) is 12.3 Å². The number of aryl methyl sites for hydroxylation is 1. The standard InChI is InChI=1S/C25H34FN7OS/c1-3-33-14-8-11-20(33)16-27-23-30-24(28-18-9-6-4-5-7-10-18)32-25(31-23)29-19-12-13-22(21(26)15-19)34-17-35-2/h8,11-15,18H,3-7,9-10,16-17H2,1-2H3,(H3,27,28,29,30,31,32). The van der Waals surface area contributed by atoms with Crippen LogP contribution in [0.4, 0.5) is 27.9 Å². The molecule has 35 heavy (non-hydrogen) atoms. The van der Waals surface area contributed by atoms with E-state index in [0.717, 1.165) is 25.1 Å². The zero-order valence-electron chi connectivity index (χ0n) is 20.4. The summed E-state index contributed by atoms with van der Waals surface area (Å²) in [5.74, 6) is 1.50. The Morgan fingerprint density at radius 1 is 1.06 bits per heavy atom. The lowest BCUT2D eigenvalue weighted by Gasteiger charge is -2.17. The first-order valence-electron chi connectivity index (χ1n) is 12.2.